The molecule has 154 valence electrons. The number of aliphatic hydroxyl groups excluding tert-OH is 1. The Morgan fingerprint density at radius 2 is 1.93 bits per heavy atom. The lowest BCUT2D eigenvalue weighted by molar-refractivity contribution is -0.121. The van der Waals surface area contributed by atoms with E-state index in [1.165, 1.54) is 11.3 Å². The summed E-state index contributed by atoms with van der Waals surface area (Å²) in [5.74, 6) is -0.800. The highest BCUT2D eigenvalue weighted by Crippen LogP contribution is 2.26. The van der Waals surface area contributed by atoms with E-state index in [1.54, 1.807) is 24.3 Å². The molecule has 0 saturated heterocycles. The summed E-state index contributed by atoms with van der Waals surface area (Å²) >= 11 is 12.0. The summed E-state index contributed by atoms with van der Waals surface area (Å²) in [6.45, 7) is -0.977. The molecule has 1 amide bonds. The quantitative estimate of drug-likeness (QED) is 0.478. The van der Waals surface area contributed by atoms with Crippen LogP contribution in [0.5, 0.6) is 0 Å². The van der Waals surface area contributed by atoms with Crippen molar-refractivity contribution >= 4 is 50.5 Å². The van der Waals surface area contributed by atoms with Gasteiger partial charge in [-0.25, -0.2) is 17.5 Å². The monoisotopic (exact) mass is 470 g/mol. The van der Waals surface area contributed by atoms with Crippen LogP contribution < -0.4 is 10.0 Å². The summed E-state index contributed by atoms with van der Waals surface area (Å²) in [7, 11) is -3.33. The van der Waals surface area contributed by atoms with Crippen molar-refractivity contribution < 1.29 is 22.7 Å². The van der Waals surface area contributed by atoms with Gasteiger partial charge in [0.1, 0.15) is 22.8 Å². The average molecular weight is 471 g/mol. The first-order valence-electron chi connectivity index (χ1n) is 7.80. The summed E-state index contributed by atoms with van der Waals surface area (Å²) in [6, 6.07) is 5.22. The number of nitrogens with one attached hydrogen (secondary N) is 2. The van der Waals surface area contributed by atoms with Gasteiger partial charge in [0.15, 0.2) is 4.84 Å². The molecule has 0 aliphatic heterocycles. The normalized spacial score (nSPS) is 14.1. The second-order valence-corrected chi connectivity index (χ2v) is 9.72. The fourth-order valence-electron chi connectivity index (χ4n) is 2.14. The van der Waals surface area contributed by atoms with Crippen LogP contribution in [0.15, 0.2) is 24.3 Å². The van der Waals surface area contributed by atoms with E-state index < -0.39 is 39.6 Å². The van der Waals surface area contributed by atoms with Crippen molar-refractivity contribution in [2.45, 2.75) is 23.5 Å². The Hall–Kier alpha value is -1.37. The molecule has 2 atom stereocenters. The van der Waals surface area contributed by atoms with Gasteiger partial charge < -0.3 is 10.4 Å². The van der Waals surface area contributed by atoms with Crippen molar-refractivity contribution in [3.63, 3.8) is 0 Å². The van der Waals surface area contributed by atoms with E-state index in [1.807, 2.05) is 0 Å². The zero-order valence-electron chi connectivity index (χ0n) is 14.5. The van der Waals surface area contributed by atoms with Crippen molar-refractivity contribution in [1.29, 1.82) is 0 Å². The van der Waals surface area contributed by atoms with Gasteiger partial charge in [0.25, 0.3) is 5.91 Å². The van der Waals surface area contributed by atoms with Gasteiger partial charge in [0, 0.05) is 5.56 Å². The molecule has 1 aromatic heterocycles. The molecule has 0 fully saturated rings. The fourth-order valence-corrected chi connectivity index (χ4v) is 3.54. The topological polar surface area (TPSA) is 121 Å². The zero-order chi connectivity index (χ0) is 20.9. The summed E-state index contributed by atoms with van der Waals surface area (Å²) in [5, 5.41) is 21.5. The zero-order valence-corrected chi connectivity index (χ0v) is 17.6. The third-order valence-corrected chi connectivity index (χ3v) is 5.56. The molecule has 3 N–H and O–H groups in total. The van der Waals surface area contributed by atoms with Crippen molar-refractivity contribution in [1.82, 2.24) is 20.2 Å². The van der Waals surface area contributed by atoms with Crippen LogP contribution in [0, 0.1) is 0 Å². The van der Waals surface area contributed by atoms with Crippen molar-refractivity contribution in [3.8, 4) is 10.6 Å². The Morgan fingerprint density at radius 3 is 2.46 bits per heavy atom. The number of benzene rings is 1. The minimum absolute atomic E-state index is 0.0350. The van der Waals surface area contributed by atoms with E-state index in [2.05, 4.69) is 20.2 Å². The molecule has 2 rings (SSSR count). The first-order valence-corrected chi connectivity index (χ1v) is 11.4. The van der Waals surface area contributed by atoms with Gasteiger partial charge >= 0.3 is 0 Å². The number of amides is 1. The van der Waals surface area contributed by atoms with Crippen molar-refractivity contribution in [2.24, 2.45) is 0 Å². The number of nitrogens with zero attached hydrogens (tertiary/aromatic N) is 2. The molecule has 0 saturated carbocycles. The minimum atomic E-state index is -3.33. The molecule has 0 bridgehead atoms. The SMILES string of the molecule is CS(=O)(=O)NCc1nnc(-c2ccc(C(O)C(CF)NC(=O)C(Cl)Cl)cc2)s1. The molecule has 0 radical (unpaired) electrons. The largest absolute Gasteiger partial charge is 0.386 e. The number of hydrogen-bond acceptors (Lipinski definition) is 7. The van der Waals surface area contributed by atoms with Crippen LogP contribution in [0.25, 0.3) is 10.6 Å². The maximum atomic E-state index is 13.2. The highest BCUT2D eigenvalue weighted by Gasteiger charge is 2.25. The lowest BCUT2D eigenvalue weighted by atomic mass is 10.0. The highest BCUT2D eigenvalue weighted by molar-refractivity contribution is 7.88. The number of carbonyl (C=O) groups is 1. The number of sulfonamides is 1. The third kappa shape index (κ3) is 6.61. The predicted octanol–water partition coefficient (Wildman–Crippen LogP) is 1.55. The maximum absolute atomic E-state index is 13.2. The number of hydrogen-bond donors (Lipinski definition) is 3. The standard InChI is InChI=1S/C15H17Cl2FN4O4S2/c1-28(25,26)19-7-11-21-22-15(27-11)9-4-2-8(3-5-9)12(23)10(6-18)20-14(24)13(16)17/h2-5,10,12-13,19,23H,6-7H2,1H3,(H,20,24). The molecular formula is C15H17Cl2FN4O4S2. The minimum Gasteiger partial charge on any atom is -0.386 e. The second-order valence-electron chi connectivity index (χ2n) is 5.73. The van der Waals surface area contributed by atoms with Crippen LogP contribution in [0.4, 0.5) is 4.39 Å². The first-order chi connectivity index (χ1) is 13.1. The molecule has 1 aromatic carbocycles. The number of aliphatic hydroxyl groups is 1. The molecule has 0 aliphatic rings. The lowest BCUT2D eigenvalue weighted by Crippen LogP contribution is -2.43. The smallest absolute Gasteiger partial charge is 0.253 e. The van der Waals surface area contributed by atoms with Crippen LogP contribution in [0.3, 0.4) is 0 Å². The highest BCUT2D eigenvalue weighted by atomic mass is 35.5. The van der Waals surface area contributed by atoms with Crippen LogP contribution >= 0.6 is 34.5 Å². The molecule has 2 unspecified atom stereocenters. The van der Waals surface area contributed by atoms with Gasteiger partial charge in [-0.1, -0.05) is 58.8 Å². The van der Waals surface area contributed by atoms with Gasteiger partial charge in [0.05, 0.1) is 18.8 Å². The van der Waals surface area contributed by atoms with Crippen LogP contribution in [-0.4, -0.2) is 53.4 Å². The molecular weight excluding hydrogens is 454 g/mol. The van der Waals surface area contributed by atoms with E-state index in [-0.39, 0.29) is 6.54 Å². The predicted molar refractivity (Wildman–Crippen MR) is 105 cm³/mol. The summed E-state index contributed by atoms with van der Waals surface area (Å²) in [6.07, 6.45) is -0.258. The van der Waals surface area contributed by atoms with E-state index in [0.717, 1.165) is 6.26 Å². The third-order valence-electron chi connectivity index (χ3n) is 3.52. The van der Waals surface area contributed by atoms with Crippen molar-refractivity contribution in [3.05, 3.63) is 34.8 Å². The number of aromatic nitrogens is 2. The Balaban J connectivity index is 2.08. The summed E-state index contributed by atoms with van der Waals surface area (Å²) in [5.41, 5.74) is 1.05. The summed E-state index contributed by atoms with van der Waals surface area (Å²) < 4.78 is 37.8. The number of alkyl halides is 3. The molecule has 8 nitrogen and oxygen atoms in total. The Labute approximate surface area is 175 Å². The molecule has 13 heteroatoms. The fraction of sp³-hybridized carbons (Fsp3) is 0.400. The Kier molecular flexibility index (Phi) is 8.10. The molecule has 0 aliphatic carbocycles. The van der Waals surface area contributed by atoms with Crippen LogP contribution in [-0.2, 0) is 21.4 Å². The molecule has 28 heavy (non-hydrogen) atoms. The van der Waals surface area contributed by atoms with Crippen molar-refractivity contribution in [2.75, 3.05) is 12.9 Å². The first kappa shape index (κ1) is 22.9. The summed E-state index contributed by atoms with van der Waals surface area (Å²) in [4.78, 5) is 10.1. The van der Waals surface area contributed by atoms with Gasteiger partial charge in [-0.15, -0.1) is 10.2 Å². The van der Waals surface area contributed by atoms with E-state index in [9.17, 15) is 22.7 Å². The van der Waals surface area contributed by atoms with Crippen LogP contribution in [0.2, 0.25) is 0 Å². The number of halogens is 3. The van der Waals surface area contributed by atoms with Gasteiger partial charge in [-0.2, -0.15) is 0 Å². The Bertz CT molecular complexity index is 909. The van der Waals surface area contributed by atoms with E-state index in [4.69, 9.17) is 23.2 Å². The average Bonchev–Trinajstić information content (AvgIpc) is 3.12. The maximum Gasteiger partial charge on any atom is 0.253 e. The Morgan fingerprint density at radius 1 is 1.29 bits per heavy atom. The molecule has 0 spiro atoms. The van der Waals surface area contributed by atoms with E-state index >= 15 is 0 Å². The van der Waals surface area contributed by atoms with Gasteiger partial charge in [-0.05, 0) is 5.56 Å². The number of rotatable bonds is 9. The van der Waals surface area contributed by atoms with Gasteiger partial charge in [-0.3, -0.25) is 4.79 Å². The van der Waals surface area contributed by atoms with E-state index in [0.29, 0.717) is 21.1 Å². The molecule has 1 heterocycles. The molecule has 2 aromatic rings. The van der Waals surface area contributed by atoms with Gasteiger partial charge in [0.2, 0.25) is 10.0 Å². The second kappa shape index (κ2) is 9.90. The number of carbonyl (C=O) groups excluding carboxylic acids is 1. The lowest BCUT2D eigenvalue weighted by Gasteiger charge is -2.22. The van der Waals surface area contributed by atoms with Crippen LogP contribution in [0.1, 0.15) is 16.7 Å².